The van der Waals surface area contributed by atoms with Gasteiger partial charge in [0.15, 0.2) is 0 Å². The van der Waals surface area contributed by atoms with E-state index in [4.69, 9.17) is 0 Å². The molecule has 0 fully saturated rings. The molecule has 1 aromatic rings. The Morgan fingerprint density at radius 3 is 2.44 bits per heavy atom. The van der Waals surface area contributed by atoms with Gasteiger partial charge in [0, 0.05) is 18.0 Å². The lowest BCUT2D eigenvalue weighted by atomic mass is 9.94. The molecule has 1 unspecified atom stereocenters. The molecule has 2 rings (SSSR count). The summed E-state index contributed by atoms with van der Waals surface area (Å²) < 4.78 is 0. The molecule has 0 aromatic heterocycles. The van der Waals surface area contributed by atoms with Crippen molar-refractivity contribution in [2.24, 2.45) is 9.98 Å². The van der Waals surface area contributed by atoms with Crippen molar-refractivity contribution < 1.29 is 0 Å². The van der Waals surface area contributed by atoms with Crippen LogP contribution < -0.4 is 0 Å². The lowest BCUT2D eigenvalue weighted by Crippen LogP contribution is -2.20. The second-order valence-electron chi connectivity index (χ2n) is 4.28. The van der Waals surface area contributed by atoms with E-state index in [-0.39, 0.29) is 0 Å². The topological polar surface area (TPSA) is 24.7 Å². The van der Waals surface area contributed by atoms with Crippen LogP contribution in [0.4, 0.5) is 0 Å². The monoisotopic (exact) mass is 236 g/mol. The van der Waals surface area contributed by atoms with E-state index in [0.29, 0.717) is 0 Å². The van der Waals surface area contributed by atoms with Crippen LogP contribution in [0.1, 0.15) is 12.5 Å². The first-order chi connectivity index (χ1) is 8.69. The van der Waals surface area contributed by atoms with Crippen LogP contribution in [0.2, 0.25) is 0 Å². The number of benzene rings is 1. The van der Waals surface area contributed by atoms with Crippen LogP contribution in [0.5, 0.6) is 0 Å². The fraction of sp³-hybridized carbons (Fsp3) is 0.125. The molecule has 0 saturated carbocycles. The number of aliphatic imine (C=N–C) groups is 2. The van der Waals surface area contributed by atoms with Gasteiger partial charge < -0.3 is 0 Å². The van der Waals surface area contributed by atoms with Crippen LogP contribution in [0.15, 0.2) is 76.9 Å². The van der Waals surface area contributed by atoms with Gasteiger partial charge in [-0.05, 0) is 18.6 Å². The minimum atomic E-state index is -0.444. The molecule has 0 amide bonds. The number of allylic oxidation sites excluding steroid dienone is 3. The van der Waals surface area contributed by atoms with E-state index in [1.165, 1.54) is 0 Å². The predicted molar refractivity (Wildman–Crippen MR) is 78.2 cm³/mol. The molecule has 2 nitrogen and oxygen atoms in total. The second-order valence-corrected chi connectivity index (χ2v) is 4.28. The molecular weight excluding hydrogens is 220 g/mol. The van der Waals surface area contributed by atoms with Gasteiger partial charge in [0.05, 0.1) is 5.70 Å². The standard InChI is InChI=1S/C16H16N2/c1-4-13-11-18-16(3,12-17-15(13)5-2)14-9-7-6-8-10-14/h4-12H,1-2H2,3H3. The fourth-order valence-corrected chi connectivity index (χ4v) is 1.83. The normalized spacial score (nSPS) is 22.7. The Kier molecular flexibility index (Phi) is 3.38. The van der Waals surface area contributed by atoms with E-state index >= 15 is 0 Å². The van der Waals surface area contributed by atoms with Crippen molar-refractivity contribution in [3.8, 4) is 0 Å². The SMILES string of the molecule is C=CC1=C(C=C)N=CC(C)(c2ccccc2)N=C1. The molecule has 0 spiro atoms. The van der Waals surface area contributed by atoms with Crippen molar-refractivity contribution >= 4 is 12.4 Å². The highest BCUT2D eigenvalue weighted by Crippen LogP contribution is 2.26. The van der Waals surface area contributed by atoms with E-state index in [2.05, 4.69) is 35.3 Å². The average molecular weight is 236 g/mol. The molecule has 0 saturated heterocycles. The third-order valence-electron chi connectivity index (χ3n) is 2.99. The van der Waals surface area contributed by atoms with Gasteiger partial charge in [-0.1, -0.05) is 49.6 Å². The zero-order chi connectivity index (χ0) is 13.0. The molecule has 0 aliphatic carbocycles. The lowest BCUT2D eigenvalue weighted by molar-refractivity contribution is 0.700. The Morgan fingerprint density at radius 2 is 1.83 bits per heavy atom. The van der Waals surface area contributed by atoms with Crippen LogP contribution in [0.3, 0.4) is 0 Å². The lowest BCUT2D eigenvalue weighted by Gasteiger charge is -2.19. The van der Waals surface area contributed by atoms with Crippen LogP contribution in [-0.4, -0.2) is 12.4 Å². The van der Waals surface area contributed by atoms with Gasteiger partial charge in [-0.15, -0.1) is 0 Å². The summed E-state index contributed by atoms with van der Waals surface area (Å²) in [6.45, 7) is 9.57. The second kappa shape index (κ2) is 4.96. The summed E-state index contributed by atoms with van der Waals surface area (Å²) in [4.78, 5) is 9.09. The van der Waals surface area contributed by atoms with Crippen molar-refractivity contribution in [2.45, 2.75) is 12.5 Å². The van der Waals surface area contributed by atoms with E-state index in [9.17, 15) is 0 Å². The van der Waals surface area contributed by atoms with Crippen LogP contribution in [0.25, 0.3) is 0 Å². The summed E-state index contributed by atoms with van der Waals surface area (Å²) in [5.74, 6) is 0. The first kappa shape index (κ1) is 12.2. The van der Waals surface area contributed by atoms with Gasteiger partial charge in [0.1, 0.15) is 5.54 Å². The van der Waals surface area contributed by atoms with E-state index < -0.39 is 5.54 Å². The van der Waals surface area contributed by atoms with Crippen molar-refractivity contribution in [1.82, 2.24) is 0 Å². The van der Waals surface area contributed by atoms with Gasteiger partial charge in [0.2, 0.25) is 0 Å². The molecule has 1 aliphatic heterocycles. The Balaban J connectivity index is 2.47. The fourth-order valence-electron chi connectivity index (χ4n) is 1.83. The molecule has 2 heteroatoms. The Morgan fingerprint density at radius 1 is 1.11 bits per heavy atom. The predicted octanol–water partition coefficient (Wildman–Crippen LogP) is 3.68. The Bertz CT molecular complexity index is 520. The summed E-state index contributed by atoms with van der Waals surface area (Å²) in [6, 6.07) is 10.1. The van der Waals surface area contributed by atoms with E-state index in [1.807, 2.05) is 37.6 Å². The number of nitrogens with zero attached hydrogens (tertiary/aromatic N) is 2. The zero-order valence-corrected chi connectivity index (χ0v) is 10.5. The summed E-state index contributed by atoms with van der Waals surface area (Å²) in [5, 5.41) is 0. The quantitative estimate of drug-likeness (QED) is 0.764. The van der Waals surface area contributed by atoms with Gasteiger partial charge >= 0.3 is 0 Å². The first-order valence-corrected chi connectivity index (χ1v) is 5.85. The summed E-state index contributed by atoms with van der Waals surface area (Å²) in [7, 11) is 0. The molecule has 1 aromatic carbocycles. The minimum Gasteiger partial charge on any atom is -0.276 e. The summed E-state index contributed by atoms with van der Waals surface area (Å²) in [6.07, 6.45) is 7.13. The van der Waals surface area contributed by atoms with Gasteiger partial charge in [-0.3, -0.25) is 9.98 Å². The number of hydrogen-bond donors (Lipinski definition) is 0. The van der Waals surface area contributed by atoms with Gasteiger partial charge in [0.25, 0.3) is 0 Å². The maximum absolute atomic E-state index is 4.62. The molecule has 1 heterocycles. The molecule has 1 aliphatic rings. The smallest absolute Gasteiger partial charge is 0.118 e. The summed E-state index contributed by atoms with van der Waals surface area (Å²) >= 11 is 0. The van der Waals surface area contributed by atoms with Gasteiger partial charge in [-0.25, -0.2) is 0 Å². The highest BCUT2D eigenvalue weighted by molar-refractivity contribution is 5.89. The Hall–Kier alpha value is -2.22. The molecule has 0 bridgehead atoms. The van der Waals surface area contributed by atoms with Crippen molar-refractivity contribution in [3.63, 3.8) is 0 Å². The number of rotatable bonds is 3. The maximum Gasteiger partial charge on any atom is 0.118 e. The van der Waals surface area contributed by atoms with Crippen molar-refractivity contribution in [2.75, 3.05) is 0 Å². The Labute approximate surface area is 108 Å². The van der Waals surface area contributed by atoms with E-state index in [0.717, 1.165) is 16.8 Å². The van der Waals surface area contributed by atoms with Crippen molar-refractivity contribution in [3.05, 3.63) is 72.5 Å². The number of hydrogen-bond acceptors (Lipinski definition) is 2. The van der Waals surface area contributed by atoms with Crippen LogP contribution >= 0.6 is 0 Å². The third kappa shape index (κ3) is 2.23. The molecule has 90 valence electrons. The largest absolute Gasteiger partial charge is 0.276 e. The molecule has 1 atom stereocenters. The molecule has 18 heavy (non-hydrogen) atoms. The van der Waals surface area contributed by atoms with Crippen LogP contribution in [0, 0.1) is 0 Å². The highest BCUT2D eigenvalue weighted by Gasteiger charge is 2.24. The van der Waals surface area contributed by atoms with E-state index in [1.54, 1.807) is 12.2 Å². The van der Waals surface area contributed by atoms with Crippen LogP contribution in [-0.2, 0) is 5.54 Å². The molecular formula is C16H16N2. The maximum atomic E-state index is 4.62. The van der Waals surface area contributed by atoms with Gasteiger partial charge in [-0.2, -0.15) is 0 Å². The molecule has 0 N–H and O–H groups in total. The molecule has 0 radical (unpaired) electrons. The highest BCUT2D eigenvalue weighted by atomic mass is 14.9. The van der Waals surface area contributed by atoms with Crippen molar-refractivity contribution in [1.29, 1.82) is 0 Å². The average Bonchev–Trinajstić information content (AvgIpc) is 2.59. The minimum absolute atomic E-state index is 0.444. The zero-order valence-electron chi connectivity index (χ0n) is 10.5. The summed E-state index contributed by atoms with van der Waals surface area (Å²) in [5.41, 5.74) is 2.35. The third-order valence-corrected chi connectivity index (χ3v) is 2.99. The first-order valence-electron chi connectivity index (χ1n) is 5.85.